The zero-order chi connectivity index (χ0) is 25.6. The Morgan fingerprint density at radius 2 is 1.89 bits per heavy atom. The Bertz CT molecular complexity index is 1670. The second kappa shape index (κ2) is 9.03. The topological polar surface area (TPSA) is 80.3 Å². The van der Waals surface area contributed by atoms with E-state index in [4.69, 9.17) is 14.5 Å². The van der Waals surface area contributed by atoms with Crippen LogP contribution in [-0.4, -0.2) is 34.1 Å². The van der Waals surface area contributed by atoms with Crippen molar-refractivity contribution in [2.24, 2.45) is 0 Å². The number of aromatic nitrogens is 3. The Hall–Kier alpha value is -4.65. The van der Waals surface area contributed by atoms with Gasteiger partial charge >= 0.3 is 5.97 Å². The number of para-hydroxylation sites is 1. The van der Waals surface area contributed by atoms with Crippen molar-refractivity contribution in [2.75, 3.05) is 18.1 Å². The highest BCUT2D eigenvalue weighted by Crippen LogP contribution is 2.42. The van der Waals surface area contributed by atoms with Crippen molar-refractivity contribution in [1.29, 1.82) is 0 Å². The summed E-state index contributed by atoms with van der Waals surface area (Å²) in [7, 11) is 0. The van der Waals surface area contributed by atoms with E-state index in [1.165, 1.54) is 34.7 Å². The van der Waals surface area contributed by atoms with Gasteiger partial charge in [-0.2, -0.15) is 0 Å². The van der Waals surface area contributed by atoms with Crippen LogP contribution in [0.2, 0.25) is 0 Å². The molecule has 4 heterocycles. The smallest absolute Gasteiger partial charge is 0.308 e. The minimum absolute atomic E-state index is 0.0221. The Kier molecular flexibility index (Phi) is 5.35. The van der Waals surface area contributed by atoms with Crippen molar-refractivity contribution in [1.82, 2.24) is 15.0 Å². The third kappa shape index (κ3) is 3.87. The fourth-order valence-electron chi connectivity index (χ4n) is 5.73. The van der Waals surface area contributed by atoms with E-state index in [0.717, 1.165) is 54.3 Å². The first-order chi connectivity index (χ1) is 18.6. The van der Waals surface area contributed by atoms with Crippen LogP contribution in [0.3, 0.4) is 0 Å². The minimum Gasteiger partial charge on any atom is -0.493 e. The van der Waals surface area contributed by atoms with Crippen molar-refractivity contribution in [3.8, 4) is 22.8 Å². The van der Waals surface area contributed by atoms with E-state index in [2.05, 4.69) is 57.3 Å². The highest BCUT2D eigenvalue weighted by atomic mass is 16.5. The lowest BCUT2D eigenvalue weighted by atomic mass is 9.91. The lowest BCUT2D eigenvalue weighted by molar-refractivity contribution is -0.131. The Labute approximate surface area is 220 Å². The molecule has 0 amide bonds. The summed E-state index contributed by atoms with van der Waals surface area (Å²) < 4.78 is 11.0. The molecule has 1 N–H and O–H groups in total. The number of benzene rings is 3. The van der Waals surface area contributed by atoms with Crippen molar-refractivity contribution < 1.29 is 14.3 Å². The number of nitrogens with one attached hydrogen (secondary N) is 1. The van der Waals surface area contributed by atoms with Gasteiger partial charge in [0.2, 0.25) is 0 Å². The Morgan fingerprint density at radius 3 is 2.76 bits per heavy atom. The zero-order valence-corrected chi connectivity index (χ0v) is 21.0. The molecule has 0 bridgehead atoms. The average molecular weight is 503 g/mol. The predicted octanol–water partition coefficient (Wildman–Crippen LogP) is 5.64. The Balaban J connectivity index is 1.31. The molecule has 5 aromatic rings. The van der Waals surface area contributed by atoms with Gasteiger partial charge in [-0.3, -0.25) is 4.79 Å². The highest BCUT2D eigenvalue weighted by molar-refractivity contribution is 5.86. The van der Waals surface area contributed by atoms with Crippen molar-refractivity contribution in [2.45, 2.75) is 25.8 Å². The molecule has 7 rings (SSSR count). The maximum Gasteiger partial charge on any atom is 0.308 e. The largest absolute Gasteiger partial charge is 0.493 e. The van der Waals surface area contributed by atoms with Gasteiger partial charge in [-0.05, 0) is 65.6 Å². The van der Waals surface area contributed by atoms with Gasteiger partial charge in [0, 0.05) is 48.1 Å². The molecule has 0 saturated carbocycles. The summed E-state index contributed by atoms with van der Waals surface area (Å²) in [6.07, 6.45) is 3.47. The molecule has 38 heavy (non-hydrogen) atoms. The summed E-state index contributed by atoms with van der Waals surface area (Å²) in [4.78, 5) is 26.7. The van der Waals surface area contributed by atoms with Crippen LogP contribution in [0.15, 0.2) is 79.1 Å². The van der Waals surface area contributed by atoms with Gasteiger partial charge in [0.05, 0.1) is 18.3 Å². The molecule has 7 nitrogen and oxygen atoms in total. The molecule has 2 aliphatic rings. The van der Waals surface area contributed by atoms with Gasteiger partial charge < -0.3 is 19.4 Å². The first kappa shape index (κ1) is 22.5. The van der Waals surface area contributed by atoms with E-state index in [9.17, 15) is 4.79 Å². The standard InChI is InChI=1S/C31H26N4O3/c1-19(36)38-23-9-6-20(7-10-23)27-17-29(33-18-32-27)35-14-12-25-24-4-2-3-5-26(24)34-30(25)31(35)22-8-11-28-21(16-22)13-15-37-28/h2-11,16-18,31,34H,12-15H2,1H3. The van der Waals surface area contributed by atoms with Crippen molar-refractivity contribution >= 4 is 22.7 Å². The number of aromatic amines is 1. The number of ether oxygens (including phenoxy) is 2. The molecule has 7 heteroatoms. The molecule has 0 radical (unpaired) electrons. The number of carbonyl (C=O) groups excluding carboxylic acids is 1. The number of carbonyl (C=O) groups is 1. The molecule has 0 fully saturated rings. The molecule has 1 unspecified atom stereocenters. The van der Waals surface area contributed by atoms with E-state index in [-0.39, 0.29) is 12.0 Å². The van der Waals surface area contributed by atoms with E-state index in [0.29, 0.717) is 5.75 Å². The van der Waals surface area contributed by atoms with Gasteiger partial charge in [0.15, 0.2) is 0 Å². The van der Waals surface area contributed by atoms with Crippen molar-refractivity contribution in [3.05, 3.63) is 102 Å². The molecular formula is C31H26N4O3. The third-order valence-corrected chi connectivity index (χ3v) is 7.42. The molecule has 2 aliphatic heterocycles. The number of esters is 1. The number of hydrogen-bond acceptors (Lipinski definition) is 6. The molecule has 188 valence electrons. The summed E-state index contributed by atoms with van der Waals surface area (Å²) >= 11 is 0. The SMILES string of the molecule is CC(=O)Oc1ccc(-c2cc(N3CCc4c([nH]c5ccccc45)C3c3ccc4c(c3)CCO4)ncn2)cc1. The molecule has 0 saturated heterocycles. The second-order valence-electron chi connectivity index (χ2n) is 9.75. The summed E-state index contributed by atoms with van der Waals surface area (Å²) in [5, 5.41) is 1.29. The normalized spacial score (nSPS) is 16.1. The van der Waals surface area contributed by atoms with Gasteiger partial charge in [-0.1, -0.05) is 24.3 Å². The minimum atomic E-state index is -0.340. The third-order valence-electron chi connectivity index (χ3n) is 7.42. The Morgan fingerprint density at radius 1 is 1.03 bits per heavy atom. The highest BCUT2D eigenvalue weighted by Gasteiger charge is 2.33. The quantitative estimate of drug-likeness (QED) is 0.253. The lowest BCUT2D eigenvalue weighted by Crippen LogP contribution is -2.36. The predicted molar refractivity (Wildman–Crippen MR) is 146 cm³/mol. The number of hydrogen-bond donors (Lipinski definition) is 1. The van der Waals surface area contributed by atoms with Gasteiger partial charge in [-0.25, -0.2) is 9.97 Å². The number of nitrogens with zero attached hydrogens (tertiary/aromatic N) is 3. The monoisotopic (exact) mass is 502 g/mol. The zero-order valence-electron chi connectivity index (χ0n) is 21.0. The molecule has 0 spiro atoms. The molecule has 2 aromatic heterocycles. The fourth-order valence-corrected chi connectivity index (χ4v) is 5.73. The van der Waals surface area contributed by atoms with Gasteiger partial charge in [-0.15, -0.1) is 0 Å². The molecular weight excluding hydrogens is 476 g/mol. The van der Waals surface area contributed by atoms with E-state index in [1.807, 2.05) is 18.2 Å². The number of anilines is 1. The second-order valence-corrected chi connectivity index (χ2v) is 9.75. The lowest BCUT2D eigenvalue weighted by Gasteiger charge is -2.37. The first-order valence-electron chi connectivity index (χ1n) is 12.9. The van der Waals surface area contributed by atoms with Crippen LogP contribution < -0.4 is 14.4 Å². The number of rotatable bonds is 4. The van der Waals surface area contributed by atoms with Gasteiger partial charge in [0.25, 0.3) is 0 Å². The number of H-pyrrole nitrogens is 1. The van der Waals surface area contributed by atoms with Crippen LogP contribution in [0.4, 0.5) is 5.82 Å². The maximum atomic E-state index is 11.3. The van der Waals surface area contributed by atoms with Gasteiger partial charge in [0.1, 0.15) is 23.6 Å². The average Bonchev–Trinajstić information content (AvgIpc) is 3.57. The van der Waals surface area contributed by atoms with E-state index < -0.39 is 0 Å². The van der Waals surface area contributed by atoms with Crippen LogP contribution in [0.5, 0.6) is 11.5 Å². The molecule has 3 aromatic carbocycles. The van der Waals surface area contributed by atoms with Crippen LogP contribution in [0, 0.1) is 0 Å². The summed E-state index contributed by atoms with van der Waals surface area (Å²) in [5.41, 5.74) is 7.95. The maximum absolute atomic E-state index is 11.3. The van der Waals surface area contributed by atoms with E-state index >= 15 is 0 Å². The molecule has 1 atom stereocenters. The summed E-state index contributed by atoms with van der Waals surface area (Å²) in [6, 6.07) is 24.5. The van der Waals surface area contributed by atoms with E-state index in [1.54, 1.807) is 18.5 Å². The van der Waals surface area contributed by atoms with Crippen LogP contribution in [-0.2, 0) is 17.6 Å². The summed E-state index contributed by atoms with van der Waals surface area (Å²) in [6.45, 7) is 2.96. The number of fused-ring (bicyclic) bond motifs is 4. The van der Waals surface area contributed by atoms with Crippen LogP contribution in [0.25, 0.3) is 22.2 Å². The molecule has 0 aliphatic carbocycles. The van der Waals surface area contributed by atoms with Crippen LogP contribution in [0.1, 0.15) is 35.3 Å². The van der Waals surface area contributed by atoms with Crippen LogP contribution >= 0.6 is 0 Å². The fraction of sp³-hybridized carbons (Fsp3) is 0.194. The summed E-state index contributed by atoms with van der Waals surface area (Å²) in [5.74, 6) is 2.02. The first-order valence-corrected chi connectivity index (χ1v) is 12.9. The van der Waals surface area contributed by atoms with Crippen molar-refractivity contribution in [3.63, 3.8) is 0 Å².